The molecule has 120 valence electrons. The minimum absolute atomic E-state index is 0.0217. The van der Waals surface area contributed by atoms with Gasteiger partial charge in [-0.05, 0) is 30.3 Å². The Morgan fingerprint density at radius 2 is 1.87 bits per heavy atom. The normalized spacial score (nSPS) is 11.0. The van der Waals surface area contributed by atoms with Crippen molar-refractivity contribution in [2.75, 3.05) is 10.8 Å². The van der Waals surface area contributed by atoms with Crippen molar-refractivity contribution in [3.63, 3.8) is 0 Å². The lowest BCUT2D eigenvalue weighted by Gasteiger charge is -2.23. The number of nitrogens with zero attached hydrogens (tertiary/aromatic N) is 2. The van der Waals surface area contributed by atoms with Gasteiger partial charge >= 0.3 is 0 Å². The minimum atomic E-state index is -3.89. The molecule has 2 rings (SSSR count). The van der Waals surface area contributed by atoms with E-state index in [-0.39, 0.29) is 22.8 Å². The van der Waals surface area contributed by atoms with Crippen LogP contribution in [-0.2, 0) is 10.0 Å². The van der Waals surface area contributed by atoms with Crippen LogP contribution in [0.15, 0.2) is 66.1 Å². The second-order valence-electron chi connectivity index (χ2n) is 4.56. The fraction of sp³-hybridized carbons (Fsp3) is 0.0667. The maximum atomic E-state index is 12.8. The van der Waals surface area contributed by atoms with Gasteiger partial charge in [0.05, 0.1) is 22.1 Å². The predicted octanol–water partition coefficient (Wildman–Crippen LogP) is 3.63. The molecule has 2 aromatic rings. The van der Waals surface area contributed by atoms with E-state index in [0.29, 0.717) is 5.02 Å². The van der Waals surface area contributed by atoms with Gasteiger partial charge < -0.3 is 0 Å². The maximum Gasteiger partial charge on any atom is 0.271 e. The van der Waals surface area contributed by atoms with Crippen molar-refractivity contribution in [3.8, 4) is 0 Å². The molecule has 0 unspecified atom stereocenters. The van der Waals surface area contributed by atoms with E-state index in [1.807, 2.05) is 0 Å². The molecule has 2 aromatic carbocycles. The topological polar surface area (TPSA) is 80.5 Å². The van der Waals surface area contributed by atoms with Crippen LogP contribution in [0.4, 0.5) is 11.4 Å². The Hall–Kier alpha value is -2.38. The summed E-state index contributed by atoms with van der Waals surface area (Å²) in [5.41, 5.74) is -0.00285. The second-order valence-corrected chi connectivity index (χ2v) is 6.85. The van der Waals surface area contributed by atoms with Crippen LogP contribution < -0.4 is 4.31 Å². The number of hydrogen-bond acceptors (Lipinski definition) is 4. The molecular weight excluding hydrogens is 340 g/mol. The van der Waals surface area contributed by atoms with Gasteiger partial charge in [0.15, 0.2) is 0 Å². The van der Waals surface area contributed by atoms with Crippen molar-refractivity contribution in [2.45, 2.75) is 4.90 Å². The van der Waals surface area contributed by atoms with Crippen LogP contribution in [0.1, 0.15) is 0 Å². The molecule has 0 atom stereocenters. The number of anilines is 1. The highest BCUT2D eigenvalue weighted by molar-refractivity contribution is 7.92. The third-order valence-corrected chi connectivity index (χ3v) is 5.09. The zero-order chi connectivity index (χ0) is 17.0. The Kier molecular flexibility index (Phi) is 5.02. The highest BCUT2D eigenvalue weighted by atomic mass is 35.5. The first-order valence-corrected chi connectivity index (χ1v) is 8.31. The van der Waals surface area contributed by atoms with Gasteiger partial charge in [-0.3, -0.25) is 14.4 Å². The zero-order valence-corrected chi connectivity index (χ0v) is 13.5. The summed E-state index contributed by atoms with van der Waals surface area (Å²) >= 11 is 5.78. The summed E-state index contributed by atoms with van der Waals surface area (Å²) in [5, 5.41) is 11.3. The molecule has 23 heavy (non-hydrogen) atoms. The zero-order valence-electron chi connectivity index (χ0n) is 11.9. The Morgan fingerprint density at radius 1 is 1.22 bits per heavy atom. The first-order valence-electron chi connectivity index (χ1n) is 6.50. The van der Waals surface area contributed by atoms with E-state index in [4.69, 9.17) is 11.6 Å². The van der Waals surface area contributed by atoms with Crippen LogP contribution in [0.5, 0.6) is 0 Å². The Bertz CT molecular complexity index is 835. The van der Waals surface area contributed by atoms with Gasteiger partial charge in [0, 0.05) is 17.2 Å². The molecule has 0 aliphatic carbocycles. The van der Waals surface area contributed by atoms with Crippen LogP contribution in [0.25, 0.3) is 0 Å². The van der Waals surface area contributed by atoms with E-state index in [1.54, 1.807) is 0 Å². The molecule has 0 aromatic heterocycles. The Balaban J connectivity index is 2.53. The van der Waals surface area contributed by atoms with Crippen LogP contribution in [0.2, 0.25) is 5.02 Å². The van der Waals surface area contributed by atoms with Crippen LogP contribution in [0, 0.1) is 10.1 Å². The number of nitro groups is 1. The standard InChI is InChI=1S/C15H13ClN2O4S/c1-2-10-17(13-4-3-5-14(11-13)18(19)20)23(21,22)15-8-6-12(16)7-9-15/h2-9,11H,1,10H2. The summed E-state index contributed by atoms with van der Waals surface area (Å²) < 4.78 is 26.6. The quantitative estimate of drug-likeness (QED) is 0.451. The molecule has 0 saturated heterocycles. The third-order valence-electron chi connectivity index (χ3n) is 3.03. The van der Waals surface area contributed by atoms with Gasteiger partial charge in [0.1, 0.15) is 0 Å². The van der Waals surface area contributed by atoms with Gasteiger partial charge in [0.2, 0.25) is 0 Å². The van der Waals surface area contributed by atoms with Crippen LogP contribution in [-0.4, -0.2) is 19.9 Å². The molecule has 0 amide bonds. The van der Waals surface area contributed by atoms with E-state index in [0.717, 1.165) is 4.31 Å². The number of non-ortho nitro benzene ring substituents is 1. The van der Waals surface area contributed by atoms with Crippen LogP contribution in [0.3, 0.4) is 0 Å². The lowest BCUT2D eigenvalue weighted by Crippen LogP contribution is -2.31. The summed E-state index contributed by atoms with van der Waals surface area (Å²) in [6.07, 6.45) is 1.41. The molecule has 0 radical (unpaired) electrons. The maximum absolute atomic E-state index is 12.8. The molecule has 6 nitrogen and oxygen atoms in total. The number of rotatable bonds is 6. The van der Waals surface area contributed by atoms with E-state index >= 15 is 0 Å². The Labute approximate surface area is 138 Å². The van der Waals surface area contributed by atoms with Gasteiger partial charge in [-0.2, -0.15) is 0 Å². The average Bonchev–Trinajstić information content (AvgIpc) is 2.53. The van der Waals surface area contributed by atoms with Gasteiger partial charge in [0.25, 0.3) is 15.7 Å². The smallest absolute Gasteiger partial charge is 0.262 e. The molecule has 0 aliphatic rings. The van der Waals surface area contributed by atoms with Gasteiger partial charge in [-0.1, -0.05) is 23.7 Å². The summed E-state index contributed by atoms with van der Waals surface area (Å²) in [6.45, 7) is 3.52. The minimum Gasteiger partial charge on any atom is -0.262 e. The lowest BCUT2D eigenvalue weighted by atomic mass is 10.3. The van der Waals surface area contributed by atoms with Crippen molar-refractivity contribution < 1.29 is 13.3 Å². The summed E-state index contributed by atoms with van der Waals surface area (Å²) in [4.78, 5) is 10.4. The van der Waals surface area contributed by atoms with E-state index < -0.39 is 14.9 Å². The number of hydrogen-bond donors (Lipinski definition) is 0. The largest absolute Gasteiger partial charge is 0.271 e. The third kappa shape index (κ3) is 3.69. The average molecular weight is 353 g/mol. The molecule has 0 N–H and O–H groups in total. The highest BCUT2D eigenvalue weighted by Crippen LogP contribution is 2.27. The fourth-order valence-electron chi connectivity index (χ4n) is 1.96. The highest BCUT2D eigenvalue weighted by Gasteiger charge is 2.25. The van der Waals surface area contributed by atoms with Crippen LogP contribution >= 0.6 is 11.6 Å². The predicted molar refractivity (Wildman–Crippen MR) is 89.3 cm³/mol. The summed E-state index contributed by atoms with van der Waals surface area (Å²) in [5.74, 6) is 0. The Morgan fingerprint density at radius 3 is 2.43 bits per heavy atom. The number of halogens is 1. The second kappa shape index (κ2) is 6.80. The number of benzene rings is 2. The summed E-state index contributed by atoms with van der Waals surface area (Å²) in [6, 6.07) is 11.1. The van der Waals surface area contributed by atoms with Crippen molar-refractivity contribution in [2.24, 2.45) is 0 Å². The molecular formula is C15H13ClN2O4S. The first kappa shape index (κ1) is 17.0. The lowest BCUT2D eigenvalue weighted by molar-refractivity contribution is -0.384. The molecule has 0 bridgehead atoms. The summed E-state index contributed by atoms with van der Waals surface area (Å²) in [7, 11) is -3.89. The van der Waals surface area contributed by atoms with E-state index in [9.17, 15) is 18.5 Å². The SMILES string of the molecule is C=CCN(c1cccc([N+](=O)[O-])c1)S(=O)(=O)c1ccc(Cl)cc1. The number of nitro benzene ring substituents is 1. The molecule has 0 saturated carbocycles. The van der Waals surface area contributed by atoms with Crippen molar-refractivity contribution in [1.29, 1.82) is 0 Å². The van der Waals surface area contributed by atoms with E-state index in [2.05, 4.69) is 6.58 Å². The monoisotopic (exact) mass is 352 g/mol. The van der Waals surface area contributed by atoms with Crippen molar-refractivity contribution in [1.82, 2.24) is 0 Å². The van der Waals surface area contributed by atoms with Crippen molar-refractivity contribution in [3.05, 3.63) is 76.3 Å². The van der Waals surface area contributed by atoms with Crippen molar-refractivity contribution >= 4 is 33.0 Å². The van der Waals surface area contributed by atoms with Gasteiger partial charge in [-0.25, -0.2) is 8.42 Å². The fourth-order valence-corrected chi connectivity index (χ4v) is 3.51. The molecule has 0 spiro atoms. The number of sulfonamides is 1. The molecule has 8 heteroatoms. The molecule has 0 fully saturated rings. The molecule has 0 heterocycles. The molecule has 0 aliphatic heterocycles. The van der Waals surface area contributed by atoms with Gasteiger partial charge in [-0.15, -0.1) is 6.58 Å². The first-order chi connectivity index (χ1) is 10.9. The van der Waals surface area contributed by atoms with E-state index in [1.165, 1.54) is 54.6 Å².